The van der Waals surface area contributed by atoms with Crippen molar-refractivity contribution in [1.82, 2.24) is 10.2 Å². The van der Waals surface area contributed by atoms with Crippen LogP contribution in [0, 0.1) is 6.92 Å². The van der Waals surface area contributed by atoms with Gasteiger partial charge < -0.3 is 20.7 Å². The number of rotatable bonds is 4. The maximum atomic E-state index is 12.5. The lowest BCUT2D eigenvalue weighted by Gasteiger charge is -2.33. The van der Waals surface area contributed by atoms with Crippen molar-refractivity contribution in [2.24, 2.45) is 5.73 Å². The van der Waals surface area contributed by atoms with E-state index in [0.29, 0.717) is 25.2 Å². The van der Waals surface area contributed by atoms with E-state index in [-0.39, 0.29) is 30.1 Å². The summed E-state index contributed by atoms with van der Waals surface area (Å²) in [6.45, 7) is 3.72. The highest BCUT2D eigenvalue weighted by molar-refractivity contribution is 5.95. The van der Waals surface area contributed by atoms with Gasteiger partial charge >= 0.3 is 0 Å². The van der Waals surface area contributed by atoms with Crippen molar-refractivity contribution in [2.45, 2.75) is 50.9 Å². The number of piperidine rings is 1. The standard InChI is InChI=1S/C19H27N3O3/c1-13-4-2-3-5-16(13)18(23)21-14-8-10-22(11-9-14)19(24)17-7-6-15(12-20)25-17/h2-5,14-15,17H,6-12,20H2,1H3,(H,21,23)/t15-,17+/m1/s1. The van der Waals surface area contributed by atoms with Gasteiger partial charge in [-0.05, 0) is 44.2 Å². The number of hydrogen-bond donors (Lipinski definition) is 2. The third kappa shape index (κ3) is 4.19. The molecule has 1 aromatic carbocycles. The van der Waals surface area contributed by atoms with Gasteiger partial charge in [0, 0.05) is 31.2 Å². The second-order valence-electron chi connectivity index (χ2n) is 6.95. The first-order chi connectivity index (χ1) is 12.1. The van der Waals surface area contributed by atoms with Gasteiger partial charge in [0.15, 0.2) is 0 Å². The average Bonchev–Trinajstić information content (AvgIpc) is 3.11. The number of amides is 2. The number of nitrogens with two attached hydrogens (primary N) is 1. The normalized spacial score (nSPS) is 24.3. The molecule has 2 aliphatic rings. The zero-order valence-electron chi connectivity index (χ0n) is 14.7. The Kier molecular flexibility index (Phi) is 5.71. The molecule has 2 aliphatic heterocycles. The molecule has 6 heteroatoms. The van der Waals surface area contributed by atoms with E-state index in [1.807, 2.05) is 36.1 Å². The smallest absolute Gasteiger partial charge is 0.251 e. The molecule has 0 bridgehead atoms. The second kappa shape index (κ2) is 7.97. The van der Waals surface area contributed by atoms with Crippen molar-refractivity contribution in [2.75, 3.05) is 19.6 Å². The van der Waals surface area contributed by atoms with Gasteiger partial charge in [0.1, 0.15) is 6.10 Å². The maximum Gasteiger partial charge on any atom is 0.251 e. The van der Waals surface area contributed by atoms with E-state index in [4.69, 9.17) is 10.5 Å². The van der Waals surface area contributed by atoms with Crippen LogP contribution in [0.4, 0.5) is 0 Å². The third-order valence-corrected chi connectivity index (χ3v) is 5.18. The van der Waals surface area contributed by atoms with E-state index in [1.54, 1.807) is 0 Å². The summed E-state index contributed by atoms with van der Waals surface area (Å²) in [5.41, 5.74) is 7.30. The van der Waals surface area contributed by atoms with Crippen LogP contribution in [0.2, 0.25) is 0 Å². The SMILES string of the molecule is Cc1ccccc1C(=O)NC1CCN(C(=O)[C@@H]2CC[C@H](CN)O2)CC1. The van der Waals surface area contributed by atoms with Crippen molar-refractivity contribution in [3.63, 3.8) is 0 Å². The number of aryl methyl sites for hydroxylation is 1. The summed E-state index contributed by atoms with van der Waals surface area (Å²) in [7, 11) is 0. The van der Waals surface area contributed by atoms with Gasteiger partial charge in [0.2, 0.25) is 0 Å². The van der Waals surface area contributed by atoms with Gasteiger partial charge in [-0.2, -0.15) is 0 Å². The number of carbonyl (C=O) groups is 2. The Bertz CT molecular complexity index is 626. The molecule has 136 valence electrons. The van der Waals surface area contributed by atoms with Gasteiger partial charge in [0.25, 0.3) is 11.8 Å². The first-order valence-electron chi connectivity index (χ1n) is 9.09. The summed E-state index contributed by atoms with van der Waals surface area (Å²) in [6, 6.07) is 7.69. The highest BCUT2D eigenvalue weighted by Gasteiger charge is 2.34. The molecule has 0 spiro atoms. The van der Waals surface area contributed by atoms with Gasteiger partial charge in [-0.3, -0.25) is 9.59 Å². The van der Waals surface area contributed by atoms with Crippen LogP contribution < -0.4 is 11.1 Å². The fraction of sp³-hybridized carbons (Fsp3) is 0.579. The topological polar surface area (TPSA) is 84.7 Å². The van der Waals surface area contributed by atoms with Crippen molar-refractivity contribution >= 4 is 11.8 Å². The van der Waals surface area contributed by atoms with E-state index in [9.17, 15) is 9.59 Å². The molecule has 0 aliphatic carbocycles. The minimum absolute atomic E-state index is 0.0138. The highest BCUT2D eigenvalue weighted by Crippen LogP contribution is 2.22. The minimum Gasteiger partial charge on any atom is -0.364 e. The average molecular weight is 345 g/mol. The number of ether oxygens (including phenoxy) is 1. The molecular formula is C19H27N3O3. The third-order valence-electron chi connectivity index (χ3n) is 5.18. The molecule has 25 heavy (non-hydrogen) atoms. The molecule has 0 aromatic heterocycles. The van der Waals surface area contributed by atoms with E-state index in [1.165, 1.54) is 0 Å². The van der Waals surface area contributed by atoms with Crippen LogP contribution in [-0.2, 0) is 9.53 Å². The summed E-state index contributed by atoms with van der Waals surface area (Å²) in [6.07, 6.45) is 2.83. The van der Waals surface area contributed by atoms with Crippen molar-refractivity contribution < 1.29 is 14.3 Å². The first kappa shape index (κ1) is 17.9. The highest BCUT2D eigenvalue weighted by atomic mass is 16.5. The molecule has 2 heterocycles. The van der Waals surface area contributed by atoms with Gasteiger partial charge in [-0.25, -0.2) is 0 Å². The maximum absolute atomic E-state index is 12.5. The zero-order valence-corrected chi connectivity index (χ0v) is 14.7. The molecule has 2 amide bonds. The van der Waals surface area contributed by atoms with Crippen LogP contribution in [0.15, 0.2) is 24.3 Å². The number of nitrogens with one attached hydrogen (secondary N) is 1. The summed E-state index contributed by atoms with van der Waals surface area (Å²) >= 11 is 0. The predicted octanol–water partition coefficient (Wildman–Crippen LogP) is 1.22. The van der Waals surface area contributed by atoms with E-state index < -0.39 is 0 Å². The molecule has 2 fully saturated rings. The van der Waals surface area contributed by atoms with Crippen LogP contribution in [0.5, 0.6) is 0 Å². The lowest BCUT2D eigenvalue weighted by atomic mass is 10.0. The van der Waals surface area contributed by atoms with Crippen LogP contribution in [0.25, 0.3) is 0 Å². The number of hydrogen-bond acceptors (Lipinski definition) is 4. The Labute approximate surface area is 148 Å². The monoisotopic (exact) mass is 345 g/mol. The van der Waals surface area contributed by atoms with Crippen LogP contribution >= 0.6 is 0 Å². The van der Waals surface area contributed by atoms with E-state index in [0.717, 1.165) is 31.2 Å². The molecule has 0 radical (unpaired) electrons. The number of carbonyl (C=O) groups excluding carboxylic acids is 2. The number of likely N-dealkylation sites (tertiary alicyclic amines) is 1. The molecule has 2 saturated heterocycles. The lowest BCUT2D eigenvalue weighted by Crippen LogP contribution is -2.49. The van der Waals surface area contributed by atoms with E-state index in [2.05, 4.69) is 5.32 Å². The molecule has 0 saturated carbocycles. The largest absolute Gasteiger partial charge is 0.364 e. The van der Waals surface area contributed by atoms with E-state index >= 15 is 0 Å². The Balaban J connectivity index is 1.48. The van der Waals surface area contributed by atoms with Gasteiger partial charge in [0.05, 0.1) is 6.10 Å². The summed E-state index contributed by atoms with van der Waals surface area (Å²) in [5.74, 6) is 0.0346. The quantitative estimate of drug-likeness (QED) is 0.859. The Morgan fingerprint density at radius 1 is 1.20 bits per heavy atom. The number of nitrogens with zero attached hydrogens (tertiary/aromatic N) is 1. The Morgan fingerprint density at radius 2 is 1.92 bits per heavy atom. The fourth-order valence-electron chi connectivity index (χ4n) is 3.60. The first-order valence-corrected chi connectivity index (χ1v) is 9.09. The van der Waals surface area contributed by atoms with Gasteiger partial charge in [-0.1, -0.05) is 18.2 Å². The molecule has 1 aromatic rings. The van der Waals surface area contributed by atoms with Crippen molar-refractivity contribution in [3.05, 3.63) is 35.4 Å². The number of benzene rings is 1. The lowest BCUT2D eigenvalue weighted by molar-refractivity contribution is -0.143. The van der Waals surface area contributed by atoms with Crippen LogP contribution in [0.1, 0.15) is 41.6 Å². The van der Waals surface area contributed by atoms with Crippen molar-refractivity contribution in [1.29, 1.82) is 0 Å². The molecule has 0 unspecified atom stereocenters. The van der Waals surface area contributed by atoms with Crippen molar-refractivity contribution in [3.8, 4) is 0 Å². The molecule has 6 nitrogen and oxygen atoms in total. The Hall–Kier alpha value is -1.92. The second-order valence-corrected chi connectivity index (χ2v) is 6.95. The van der Waals surface area contributed by atoms with Crippen LogP contribution in [0.3, 0.4) is 0 Å². The Morgan fingerprint density at radius 3 is 2.56 bits per heavy atom. The fourth-order valence-corrected chi connectivity index (χ4v) is 3.60. The zero-order chi connectivity index (χ0) is 17.8. The van der Waals surface area contributed by atoms with Crippen LogP contribution in [-0.4, -0.2) is 54.6 Å². The summed E-state index contributed by atoms with van der Waals surface area (Å²) in [5, 5.41) is 3.10. The molecule has 3 N–H and O–H groups in total. The predicted molar refractivity (Wildman–Crippen MR) is 95.2 cm³/mol. The molecule has 3 rings (SSSR count). The summed E-state index contributed by atoms with van der Waals surface area (Å²) in [4.78, 5) is 26.8. The molecule has 2 atom stereocenters. The molecular weight excluding hydrogens is 318 g/mol. The minimum atomic E-state index is -0.341. The van der Waals surface area contributed by atoms with Gasteiger partial charge in [-0.15, -0.1) is 0 Å². The summed E-state index contributed by atoms with van der Waals surface area (Å²) < 4.78 is 5.70.